The van der Waals surface area contributed by atoms with Crippen LogP contribution in [0.2, 0.25) is 0 Å². The first-order chi connectivity index (χ1) is 9.54. The maximum absolute atomic E-state index is 6.14. The van der Waals surface area contributed by atoms with E-state index in [4.69, 9.17) is 36.1 Å². The van der Waals surface area contributed by atoms with Crippen LogP contribution in [-0.2, 0) is 0 Å². The Kier molecular flexibility index (Phi) is 3.08. The lowest BCUT2D eigenvalue weighted by molar-refractivity contribution is 0.415. The molecule has 0 saturated carbocycles. The van der Waals surface area contributed by atoms with E-state index in [1.54, 1.807) is 7.11 Å². The summed E-state index contributed by atoms with van der Waals surface area (Å²) in [6, 6.07) is 9.67. The molecule has 0 fully saturated rings. The number of methoxy groups -OCH3 is 1. The average Bonchev–Trinajstić information content (AvgIpc) is 2.49. The molecule has 0 bridgehead atoms. The molecule has 3 rings (SSSR count). The Labute approximate surface area is 123 Å². The standard InChI is InChI=1S/C15H8B4O/c1-20-8-4-2-7-3-5-9-11(10(7)6-8)13(17)15(19)14(18)12(9)16/h2-6H,1H3. The van der Waals surface area contributed by atoms with Crippen molar-refractivity contribution >= 4 is 74.8 Å². The minimum absolute atomic E-state index is 0.324. The quantitative estimate of drug-likeness (QED) is 0.403. The van der Waals surface area contributed by atoms with Crippen LogP contribution in [0, 0.1) is 0 Å². The first-order valence-corrected chi connectivity index (χ1v) is 6.17. The topological polar surface area (TPSA) is 9.23 Å². The maximum Gasteiger partial charge on any atom is 0.119 e. The lowest BCUT2D eigenvalue weighted by Gasteiger charge is -2.18. The van der Waals surface area contributed by atoms with Crippen molar-refractivity contribution in [3.63, 3.8) is 0 Å². The summed E-state index contributed by atoms with van der Waals surface area (Å²) in [6.45, 7) is 0. The minimum Gasteiger partial charge on any atom is -0.497 e. The van der Waals surface area contributed by atoms with Crippen molar-refractivity contribution in [3.05, 3.63) is 30.3 Å². The van der Waals surface area contributed by atoms with E-state index in [-0.39, 0.29) is 0 Å². The largest absolute Gasteiger partial charge is 0.497 e. The van der Waals surface area contributed by atoms with E-state index in [1.165, 1.54) is 0 Å². The van der Waals surface area contributed by atoms with E-state index in [2.05, 4.69) is 0 Å². The highest BCUT2D eigenvalue weighted by molar-refractivity contribution is 6.67. The van der Waals surface area contributed by atoms with Crippen LogP contribution in [0.4, 0.5) is 0 Å². The SMILES string of the molecule is [B]c1c([B])c([B])c2c(ccc3ccc(OC)cc32)c1[B]. The molecule has 1 nitrogen and oxygen atoms in total. The smallest absolute Gasteiger partial charge is 0.119 e. The van der Waals surface area contributed by atoms with Crippen LogP contribution >= 0.6 is 0 Å². The first-order valence-electron chi connectivity index (χ1n) is 6.17. The fourth-order valence-electron chi connectivity index (χ4n) is 2.51. The minimum atomic E-state index is 0.324. The fraction of sp³-hybridized carbons (Fsp3) is 0.0667. The van der Waals surface area contributed by atoms with Gasteiger partial charge in [0.05, 0.1) is 7.11 Å². The molecule has 0 saturated heterocycles. The van der Waals surface area contributed by atoms with Crippen molar-refractivity contribution in [1.29, 1.82) is 0 Å². The summed E-state index contributed by atoms with van der Waals surface area (Å²) < 4.78 is 5.27. The third-order valence-electron chi connectivity index (χ3n) is 3.66. The van der Waals surface area contributed by atoms with Gasteiger partial charge in [-0.1, -0.05) is 29.1 Å². The number of ether oxygens (including phenoxy) is 1. The molecule has 0 spiro atoms. The second-order valence-electron chi connectivity index (χ2n) is 4.73. The van der Waals surface area contributed by atoms with Crippen LogP contribution in [0.3, 0.4) is 0 Å². The van der Waals surface area contributed by atoms with Crippen molar-refractivity contribution in [3.8, 4) is 5.75 Å². The summed E-state index contributed by atoms with van der Waals surface area (Å²) >= 11 is 0. The lowest BCUT2D eigenvalue weighted by Crippen LogP contribution is -2.47. The molecule has 20 heavy (non-hydrogen) atoms. The van der Waals surface area contributed by atoms with Gasteiger partial charge in [0.15, 0.2) is 0 Å². The van der Waals surface area contributed by atoms with Crippen molar-refractivity contribution in [1.82, 2.24) is 0 Å². The van der Waals surface area contributed by atoms with Crippen LogP contribution < -0.4 is 26.6 Å². The van der Waals surface area contributed by atoms with Gasteiger partial charge >= 0.3 is 0 Å². The van der Waals surface area contributed by atoms with Crippen molar-refractivity contribution in [2.75, 3.05) is 7.11 Å². The molecular weight excluding hydrogens is 239 g/mol. The van der Waals surface area contributed by atoms with Crippen molar-refractivity contribution in [2.24, 2.45) is 0 Å². The van der Waals surface area contributed by atoms with Crippen LogP contribution in [0.15, 0.2) is 30.3 Å². The molecule has 0 N–H and O–H groups in total. The van der Waals surface area contributed by atoms with Gasteiger partial charge in [-0.2, -0.15) is 0 Å². The zero-order valence-corrected chi connectivity index (χ0v) is 11.1. The molecule has 0 aliphatic heterocycles. The summed E-state index contributed by atoms with van der Waals surface area (Å²) in [7, 11) is 25.7. The summed E-state index contributed by atoms with van der Waals surface area (Å²) in [4.78, 5) is 0. The molecule has 8 radical (unpaired) electrons. The van der Waals surface area contributed by atoms with E-state index in [0.29, 0.717) is 21.9 Å². The van der Waals surface area contributed by atoms with Gasteiger partial charge in [0.2, 0.25) is 0 Å². The van der Waals surface area contributed by atoms with Gasteiger partial charge in [-0.25, -0.2) is 0 Å². The fourth-order valence-corrected chi connectivity index (χ4v) is 2.51. The lowest BCUT2D eigenvalue weighted by atomic mass is 9.64. The first kappa shape index (κ1) is 13.2. The molecular formula is C15H8B4O. The Morgan fingerprint density at radius 2 is 1.40 bits per heavy atom. The van der Waals surface area contributed by atoms with Gasteiger partial charge in [-0.05, 0) is 33.7 Å². The Morgan fingerprint density at radius 3 is 2.10 bits per heavy atom. The van der Waals surface area contributed by atoms with Gasteiger partial charge in [-0.15, -0.1) is 10.9 Å². The number of benzene rings is 3. The van der Waals surface area contributed by atoms with Crippen LogP contribution in [0.1, 0.15) is 0 Å². The van der Waals surface area contributed by atoms with E-state index in [0.717, 1.165) is 27.3 Å². The van der Waals surface area contributed by atoms with Gasteiger partial charge in [-0.3, -0.25) is 0 Å². The number of hydrogen-bond donors (Lipinski definition) is 0. The van der Waals surface area contributed by atoms with Gasteiger partial charge < -0.3 is 4.74 Å². The van der Waals surface area contributed by atoms with E-state index in [9.17, 15) is 0 Å². The third-order valence-corrected chi connectivity index (χ3v) is 3.66. The molecule has 0 heterocycles. The molecule has 86 valence electrons. The Bertz CT molecular complexity index is 843. The third kappa shape index (κ3) is 1.76. The summed E-state index contributed by atoms with van der Waals surface area (Å²) in [6.07, 6.45) is 0. The monoisotopic (exact) mass is 248 g/mol. The molecule has 0 unspecified atom stereocenters. The molecule has 5 heteroatoms. The zero-order valence-electron chi connectivity index (χ0n) is 11.1. The summed E-state index contributed by atoms with van der Waals surface area (Å²) in [5, 5.41) is 3.59. The molecule has 3 aromatic carbocycles. The normalized spacial score (nSPS) is 11.1. The summed E-state index contributed by atoms with van der Waals surface area (Å²) in [5.74, 6) is 0.748. The highest BCUT2D eigenvalue weighted by Crippen LogP contribution is 2.26. The van der Waals surface area contributed by atoms with Gasteiger partial charge in [0, 0.05) is 0 Å². The van der Waals surface area contributed by atoms with Crippen LogP contribution in [0.25, 0.3) is 21.5 Å². The zero-order chi connectivity index (χ0) is 14.4. The van der Waals surface area contributed by atoms with Crippen LogP contribution in [0.5, 0.6) is 5.75 Å². The Hall–Kier alpha value is -1.76. The second-order valence-corrected chi connectivity index (χ2v) is 4.73. The van der Waals surface area contributed by atoms with E-state index < -0.39 is 0 Å². The molecule has 0 atom stereocenters. The predicted octanol–water partition coefficient (Wildman–Crippen LogP) is -0.823. The molecule has 0 aromatic heterocycles. The van der Waals surface area contributed by atoms with Crippen molar-refractivity contribution in [2.45, 2.75) is 0 Å². The molecule has 3 aromatic rings. The van der Waals surface area contributed by atoms with Gasteiger partial charge in [0.1, 0.15) is 37.1 Å². The highest BCUT2D eigenvalue weighted by atomic mass is 16.5. The Balaban J connectivity index is 2.59. The average molecular weight is 247 g/mol. The van der Waals surface area contributed by atoms with E-state index in [1.807, 2.05) is 30.3 Å². The molecule has 0 aliphatic carbocycles. The van der Waals surface area contributed by atoms with Crippen LogP contribution in [-0.4, -0.2) is 38.5 Å². The maximum atomic E-state index is 6.14. The number of rotatable bonds is 1. The predicted molar refractivity (Wildman–Crippen MR) is 89.6 cm³/mol. The highest BCUT2D eigenvalue weighted by Gasteiger charge is 2.10. The number of fused-ring (bicyclic) bond motifs is 3. The van der Waals surface area contributed by atoms with Crippen molar-refractivity contribution < 1.29 is 4.74 Å². The summed E-state index contributed by atoms with van der Waals surface area (Å²) in [5.41, 5.74) is 1.56. The Morgan fingerprint density at radius 1 is 0.750 bits per heavy atom. The van der Waals surface area contributed by atoms with Gasteiger partial charge in [0.25, 0.3) is 0 Å². The molecule has 0 amide bonds. The molecule has 0 aliphatic rings. The number of hydrogen-bond acceptors (Lipinski definition) is 1. The second kappa shape index (κ2) is 4.66. The van der Waals surface area contributed by atoms with E-state index >= 15 is 0 Å².